The Hall–Kier alpha value is -2.93. The number of ketones is 1. The van der Waals surface area contributed by atoms with Crippen molar-refractivity contribution in [3.63, 3.8) is 0 Å². The SMILES string of the molecule is C=CCOC[C@H](CC(=O)[C@H](CC(C)C)NC(=O)[C@@H](C)Cc1ccc(OCC=C)cc1)C(=O)OC. The van der Waals surface area contributed by atoms with Crippen molar-refractivity contribution in [2.75, 3.05) is 26.9 Å². The first-order chi connectivity index (χ1) is 16.2. The molecule has 0 aliphatic heterocycles. The fourth-order valence-electron chi connectivity index (χ4n) is 3.44. The molecule has 1 amide bonds. The first kappa shape index (κ1) is 29.1. The van der Waals surface area contributed by atoms with E-state index in [9.17, 15) is 14.4 Å². The molecule has 0 aliphatic carbocycles. The Balaban J connectivity index is 2.79. The Morgan fingerprint density at radius 3 is 2.24 bits per heavy atom. The van der Waals surface area contributed by atoms with Crippen LogP contribution < -0.4 is 10.1 Å². The van der Waals surface area contributed by atoms with Gasteiger partial charge in [-0.3, -0.25) is 14.4 Å². The Bertz CT molecular complexity index is 802. The number of methoxy groups -OCH3 is 1. The molecule has 1 N–H and O–H groups in total. The second-order valence-electron chi connectivity index (χ2n) is 8.76. The van der Waals surface area contributed by atoms with Crippen molar-refractivity contribution in [3.05, 3.63) is 55.1 Å². The maximum absolute atomic E-state index is 13.1. The zero-order valence-electron chi connectivity index (χ0n) is 20.9. The number of hydrogen-bond donors (Lipinski definition) is 1. The van der Waals surface area contributed by atoms with Gasteiger partial charge in [0.15, 0.2) is 5.78 Å². The van der Waals surface area contributed by atoms with Gasteiger partial charge in [-0.25, -0.2) is 0 Å². The molecule has 0 unspecified atom stereocenters. The molecule has 0 aliphatic rings. The van der Waals surface area contributed by atoms with Crippen LogP contribution in [0.25, 0.3) is 0 Å². The van der Waals surface area contributed by atoms with E-state index < -0.39 is 17.9 Å². The van der Waals surface area contributed by atoms with Crippen LogP contribution in [-0.2, 0) is 30.3 Å². The van der Waals surface area contributed by atoms with Crippen LogP contribution in [0.15, 0.2) is 49.6 Å². The van der Waals surface area contributed by atoms with Crippen molar-refractivity contribution in [2.45, 2.75) is 46.1 Å². The normalized spacial score (nSPS) is 13.4. The molecule has 7 heteroatoms. The van der Waals surface area contributed by atoms with Crippen LogP contribution in [0.4, 0.5) is 0 Å². The van der Waals surface area contributed by atoms with Gasteiger partial charge in [0.25, 0.3) is 0 Å². The second-order valence-corrected chi connectivity index (χ2v) is 8.76. The van der Waals surface area contributed by atoms with E-state index in [1.807, 2.05) is 45.0 Å². The molecule has 1 rings (SSSR count). The molecule has 188 valence electrons. The molecule has 0 spiro atoms. The van der Waals surface area contributed by atoms with Crippen LogP contribution in [0.2, 0.25) is 0 Å². The maximum atomic E-state index is 13.1. The molecule has 0 heterocycles. The molecule has 0 saturated carbocycles. The number of amides is 1. The first-order valence-electron chi connectivity index (χ1n) is 11.6. The lowest BCUT2D eigenvalue weighted by Gasteiger charge is -2.23. The lowest BCUT2D eigenvalue weighted by Crippen LogP contribution is -2.45. The molecule has 34 heavy (non-hydrogen) atoms. The second kappa shape index (κ2) is 15.8. The zero-order chi connectivity index (χ0) is 25.5. The molecule has 0 bridgehead atoms. The first-order valence-corrected chi connectivity index (χ1v) is 11.6. The average molecular weight is 474 g/mol. The van der Waals surface area contributed by atoms with Gasteiger partial charge < -0.3 is 19.5 Å². The van der Waals surface area contributed by atoms with Crippen LogP contribution in [-0.4, -0.2) is 50.6 Å². The van der Waals surface area contributed by atoms with Crippen LogP contribution in [0.3, 0.4) is 0 Å². The highest BCUT2D eigenvalue weighted by atomic mass is 16.5. The number of esters is 1. The molecule has 0 fully saturated rings. The van der Waals surface area contributed by atoms with Gasteiger partial charge in [-0.1, -0.05) is 51.6 Å². The highest BCUT2D eigenvalue weighted by Gasteiger charge is 2.29. The Labute approximate surface area is 203 Å². The van der Waals surface area contributed by atoms with E-state index in [1.165, 1.54) is 7.11 Å². The van der Waals surface area contributed by atoms with Gasteiger partial charge in [0.05, 0.1) is 32.3 Å². The van der Waals surface area contributed by atoms with Gasteiger partial charge in [0.2, 0.25) is 5.91 Å². The summed E-state index contributed by atoms with van der Waals surface area (Å²) in [5.41, 5.74) is 0.991. The lowest BCUT2D eigenvalue weighted by atomic mass is 9.92. The summed E-state index contributed by atoms with van der Waals surface area (Å²) in [6.45, 7) is 13.7. The van der Waals surface area contributed by atoms with Crippen molar-refractivity contribution in [2.24, 2.45) is 17.8 Å². The summed E-state index contributed by atoms with van der Waals surface area (Å²) in [4.78, 5) is 38.1. The zero-order valence-corrected chi connectivity index (χ0v) is 20.9. The van der Waals surface area contributed by atoms with E-state index in [1.54, 1.807) is 12.2 Å². The van der Waals surface area contributed by atoms with E-state index in [0.29, 0.717) is 19.4 Å². The smallest absolute Gasteiger partial charge is 0.311 e. The fourth-order valence-corrected chi connectivity index (χ4v) is 3.44. The largest absolute Gasteiger partial charge is 0.490 e. The number of Topliss-reactive ketones (excluding diaryl/α,β-unsaturated/α-hetero) is 1. The fraction of sp³-hybridized carbons (Fsp3) is 0.519. The summed E-state index contributed by atoms with van der Waals surface area (Å²) in [5, 5.41) is 2.90. The highest BCUT2D eigenvalue weighted by molar-refractivity contribution is 5.92. The van der Waals surface area contributed by atoms with Gasteiger partial charge in [0, 0.05) is 12.3 Å². The average Bonchev–Trinajstić information content (AvgIpc) is 2.81. The van der Waals surface area contributed by atoms with Gasteiger partial charge >= 0.3 is 5.97 Å². The van der Waals surface area contributed by atoms with E-state index in [-0.39, 0.29) is 43.2 Å². The van der Waals surface area contributed by atoms with E-state index in [2.05, 4.69) is 18.5 Å². The van der Waals surface area contributed by atoms with Crippen molar-refractivity contribution >= 4 is 17.7 Å². The molecular formula is C27H39NO6. The minimum Gasteiger partial charge on any atom is -0.490 e. The van der Waals surface area contributed by atoms with Gasteiger partial charge in [-0.15, -0.1) is 6.58 Å². The molecule has 1 aromatic carbocycles. The van der Waals surface area contributed by atoms with E-state index in [4.69, 9.17) is 14.2 Å². The van der Waals surface area contributed by atoms with Gasteiger partial charge in [-0.2, -0.15) is 0 Å². The number of nitrogens with one attached hydrogen (secondary N) is 1. The van der Waals surface area contributed by atoms with Crippen molar-refractivity contribution < 1.29 is 28.6 Å². The number of rotatable bonds is 17. The summed E-state index contributed by atoms with van der Waals surface area (Å²) < 4.78 is 15.7. The third-order valence-electron chi connectivity index (χ3n) is 5.23. The summed E-state index contributed by atoms with van der Waals surface area (Å²) in [5.74, 6) is -1.08. The van der Waals surface area contributed by atoms with Crippen LogP contribution in [0.5, 0.6) is 5.75 Å². The molecule has 0 aromatic heterocycles. The number of benzene rings is 1. The number of hydrogen-bond acceptors (Lipinski definition) is 6. The minimum absolute atomic E-state index is 0.0513. The third kappa shape index (κ3) is 10.8. The maximum Gasteiger partial charge on any atom is 0.311 e. The number of carbonyl (C=O) groups excluding carboxylic acids is 3. The van der Waals surface area contributed by atoms with Crippen LogP contribution in [0, 0.1) is 17.8 Å². The highest BCUT2D eigenvalue weighted by Crippen LogP contribution is 2.17. The number of ether oxygens (including phenoxy) is 3. The van der Waals surface area contributed by atoms with E-state index in [0.717, 1.165) is 11.3 Å². The summed E-state index contributed by atoms with van der Waals surface area (Å²) >= 11 is 0. The molecule has 0 saturated heterocycles. The van der Waals surface area contributed by atoms with Crippen LogP contribution in [0.1, 0.15) is 39.2 Å². The standard InChI is InChI=1S/C27H39NO6/c1-7-13-33-18-22(27(31)32-6)17-25(29)24(15-19(3)4)28-26(30)20(5)16-21-9-11-23(12-10-21)34-14-8-2/h7-12,19-20,22,24H,1-2,13-18H2,3-6H3,(H,28,30)/t20-,22-,24-/m0/s1. The number of carbonyl (C=O) groups is 3. The summed E-state index contributed by atoms with van der Waals surface area (Å²) in [7, 11) is 1.28. The lowest BCUT2D eigenvalue weighted by molar-refractivity contribution is -0.149. The van der Waals surface area contributed by atoms with Gasteiger partial charge in [0.1, 0.15) is 12.4 Å². The quantitative estimate of drug-likeness (QED) is 0.210. The Kier molecular flexibility index (Phi) is 13.5. The molecule has 0 radical (unpaired) electrons. The molecule has 7 nitrogen and oxygen atoms in total. The van der Waals surface area contributed by atoms with Gasteiger partial charge in [-0.05, 0) is 36.5 Å². The monoisotopic (exact) mass is 473 g/mol. The Morgan fingerprint density at radius 2 is 1.68 bits per heavy atom. The predicted octanol–water partition coefficient (Wildman–Crippen LogP) is 3.91. The predicted molar refractivity (Wildman–Crippen MR) is 133 cm³/mol. The van der Waals surface area contributed by atoms with Crippen molar-refractivity contribution in [3.8, 4) is 5.75 Å². The minimum atomic E-state index is -0.733. The van der Waals surface area contributed by atoms with Crippen LogP contribution >= 0.6 is 0 Å². The molecule has 3 atom stereocenters. The summed E-state index contributed by atoms with van der Waals surface area (Å²) in [6, 6.07) is 6.87. The van der Waals surface area contributed by atoms with E-state index >= 15 is 0 Å². The van der Waals surface area contributed by atoms with Crippen molar-refractivity contribution in [1.29, 1.82) is 0 Å². The molecule has 1 aromatic rings. The topological polar surface area (TPSA) is 90.9 Å². The van der Waals surface area contributed by atoms with Crippen molar-refractivity contribution in [1.82, 2.24) is 5.32 Å². The Morgan fingerprint density at radius 1 is 1.03 bits per heavy atom. The third-order valence-corrected chi connectivity index (χ3v) is 5.23. The molecular weight excluding hydrogens is 434 g/mol. The summed E-state index contributed by atoms with van der Waals surface area (Å²) in [6.07, 6.45) is 4.19.